The number of halogens is 1. The van der Waals surface area contributed by atoms with Crippen LogP contribution < -0.4 is 5.32 Å². The Morgan fingerprint density at radius 2 is 2.47 bits per heavy atom. The van der Waals surface area contributed by atoms with E-state index in [0.29, 0.717) is 12.5 Å². The van der Waals surface area contributed by atoms with Gasteiger partial charge in [-0.05, 0) is 32.2 Å². The molecule has 0 radical (unpaired) electrons. The standard InChI is InChI=1S/C12H21N3O.ClH/c1-2-15-10-14-7-12(15)9-16-8-11-4-3-5-13-6-11;/h7,10-11,13H,2-6,8-9H2,1H3;1H/t11-;/m0./s1. The Bertz CT molecular complexity index is 310. The minimum absolute atomic E-state index is 0. The highest BCUT2D eigenvalue weighted by atomic mass is 35.5. The first kappa shape index (κ1) is 14.5. The number of piperidine rings is 1. The number of nitrogens with one attached hydrogen (secondary N) is 1. The van der Waals surface area contributed by atoms with Crippen LogP contribution in [-0.4, -0.2) is 29.2 Å². The number of aryl methyl sites for hydroxylation is 1. The fraction of sp³-hybridized carbons (Fsp3) is 0.750. The molecule has 1 fully saturated rings. The van der Waals surface area contributed by atoms with Gasteiger partial charge in [-0.1, -0.05) is 0 Å². The Morgan fingerprint density at radius 3 is 3.18 bits per heavy atom. The second-order valence-corrected chi connectivity index (χ2v) is 4.40. The Kier molecular flexibility index (Phi) is 6.55. The molecule has 5 heteroatoms. The summed E-state index contributed by atoms with van der Waals surface area (Å²) in [7, 11) is 0. The molecule has 4 nitrogen and oxygen atoms in total. The molecule has 2 heterocycles. The number of imidazole rings is 1. The molecule has 0 spiro atoms. The topological polar surface area (TPSA) is 39.1 Å². The summed E-state index contributed by atoms with van der Waals surface area (Å²) in [5, 5.41) is 3.40. The van der Waals surface area contributed by atoms with Crippen molar-refractivity contribution in [3.05, 3.63) is 18.2 Å². The van der Waals surface area contributed by atoms with Crippen molar-refractivity contribution in [1.82, 2.24) is 14.9 Å². The molecule has 1 atom stereocenters. The van der Waals surface area contributed by atoms with Gasteiger partial charge in [0.2, 0.25) is 0 Å². The number of nitrogens with zero attached hydrogens (tertiary/aromatic N) is 2. The van der Waals surface area contributed by atoms with Crippen LogP contribution in [0.3, 0.4) is 0 Å². The zero-order valence-corrected chi connectivity index (χ0v) is 11.2. The average Bonchev–Trinajstić information content (AvgIpc) is 2.78. The lowest BCUT2D eigenvalue weighted by Crippen LogP contribution is -2.32. The van der Waals surface area contributed by atoms with Gasteiger partial charge >= 0.3 is 0 Å². The largest absolute Gasteiger partial charge is 0.375 e. The smallest absolute Gasteiger partial charge is 0.0948 e. The van der Waals surface area contributed by atoms with Gasteiger partial charge in [0, 0.05) is 13.1 Å². The van der Waals surface area contributed by atoms with Crippen molar-refractivity contribution < 1.29 is 4.74 Å². The van der Waals surface area contributed by atoms with Gasteiger partial charge in [-0.15, -0.1) is 12.4 Å². The minimum Gasteiger partial charge on any atom is -0.375 e. The third-order valence-electron chi connectivity index (χ3n) is 3.14. The van der Waals surface area contributed by atoms with E-state index < -0.39 is 0 Å². The molecule has 1 aliphatic heterocycles. The molecule has 1 saturated heterocycles. The van der Waals surface area contributed by atoms with Crippen LogP contribution in [0.25, 0.3) is 0 Å². The molecule has 0 saturated carbocycles. The first-order valence-corrected chi connectivity index (χ1v) is 6.17. The lowest BCUT2D eigenvalue weighted by atomic mass is 10.0. The third-order valence-corrected chi connectivity index (χ3v) is 3.14. The number of ether oxygens (including phenoxy) is 1. The van der Waals surface area contributed by atoms with Crippen molar-refractivity contribution in [3.8, 4) is 0 Å². The predicted molar refractivity (Wildman–Crippen MR) is 70.4 cm³/mol. The van der Waals surface area contributed by atoms with Crippen molar-refractivity contribution >= 4 is 12.4 Å². The molecular formula is C12H22ClN3O. The van der Waals surface area contributed by atoms with Gasteiger partial charge in [-0.2, -0.15) is 0 Å². The highest BCUT2D eigenvalue weighted by molar-refractivity contribution is 5.85. The maximum atomic E-state index is 5.76. The van der Waals surface area contributed by atoms with Crippen molar-refractivity contribution in [2.24, 2.45) is 5.92 Å². The van der Waals surface area contributed by atoms with Gasteiger partial charge in [0.1, 0.15) is 0 Å². The normalized spacial score (nSPS) is 19.9. The molecule has 0 bridgehead atoms. The van der Waals surface area contributed by atoms with E-state index in [0.717, 1.165) is 19.7 Å². The summed E-state index contributed by atoms with van der Waals surface area (Å²) < 4.78 is 7.88. The number of aromatic nitrogens is 2. The number of rotatable bonds is 5. The van der Waals surface area contributed by atoms with Gasteiger partial charge in [0.15, 0.2) is 0 Å². The summed E-state index contributed by atoms with van der Waals surface area (Å²) in [6.45, 7) is 6.90. The van der Waals surface area contributed by atoms with Crippen LogP contribution in [0.2, 0.25) is 0 Å². The first-order valence-electron chi connectivity index (χ1n) is 6.17. The maximum absolute atomic E-state index is 5.76. The zero-order chi connectivity index (χ0) is 11.2. The molecular weight excluding hydrogens is 238 g/mol. The van der Waals surface area contributed by atoms with E-state index in [1.165, 1.54) is 25.1 Å². The molecule has 0 aliphatic carbocycles. The van der Waals surface area contributed by atoms with Gasteiger partial charge < -0.3 is 14.6 Å². The summed E-state index contributed by atoms with van der Waals surface area (Å²) in [4.78, 5) is 4.13. The van der Waals surface area contributed by atoms with Gasteiger partial charge in [0.05, 0.1) is 31.4 Å². The quantitative estimate of drug-likeness (QED) is 0.877. The second kappa shape index (κ2) is 7.69. The molecule has 0 unspecified atom stereocenters. The summed E-state index contributed by atoms with van der Waals surface area (Å²) in [6, 6.07) is 0. The molecule has 17 heavy (non-hydrogen) atoms. The predicted octanol–water partition coefficient (Wildman–Crippen LogP) is 1.84. The second-order valence-electron chi connectivity index (χ2n) is 4.40. The Balaban J connectivity index is 0.00000144. The number of hydrogen-bond acceptors (Lipinski definition) is 3. The fourth-order valence-electron chi connectivity index (χ4n) is 2.15. The maximum Gasteiger partial charge on any atom is 0.0948 e. The SMILES string of the molecule is CCn1cncc1COC[C@H]1CCCNC1.Cl. The van der Waals surface area contributed by atoms with Crippen molar-refractivity contribution in [3.63, 3.8) is 0 Å². The lowest BCUT2D eigenvalue weighted by molar-refractivity contribution is 0.0746. The van der Waals surface area contributed by atoms with E-state index >= 15 is 0 Å². The third kappa shape index (κ3) is 4.30. The number of hydrogen-bond donors (Lipinski definition) is 1. The van der Waals surface area contributed by atoms with Crippen molar-refractivity contribution in [2.45, 2.75) is 32.9 Å². The van der Waals surface area contributed by atoms with Gasteiger partial charge in [-0.3, -0.25) is 0 Å². The van der Waals surface area contributed by atoms with E-state index in [4.69, 9.17) is 4.74 Å². The van der Waals surface area contributed by atoms with Crippen LogP contribution >= 0.6 is 12.4 Å². The molecule has 1 aliphatic rings. The van der Waals surface area contributed by atoms with Gasteiger partial charge in [0.25, 0.3) is 0 Å². The zero-order valence-electron chi connectivity index (χ0n) is 10.4. The van der Waals surface area contributed by atoms with Crippen molar-refractivity contribution in [2.75, 3.05) is 19.7 Å². The van der Waals surface area contributed by atoms with Crippen LogP contribution in [0.4, 0.5) is 0 Å². The van der Waals surface area contributed by atoms with Crippen LogP contribution in [0.5, 0.6) is 0 Å². The first-order chi connectivity index (χ1) is 7.90. The summed E-state index contributed by atoms with van der Waals surface area (Å²) in [5.74, 6) is 0.687. The van der Waals surface area contributed by atoms with Crippen LogP contribution in [0, 0.1) is 5.92 Å². The van der Waals surface area contributed by atoms with Crippen LogP contribution in [-0.2, 0) is 17.9 Å². The summed E-state index contributed by atoms with van der Waals surface area (Å²) in [5.41, 5.74) is 1.17. The highest BCUT2D eigenvalue weighted by Gasteiger charge is 2.13. The van der Waals surface area contributed by atoms with Crippen LogP contribution in [0.1, 0.15) is 25.5 Å². The Hall–Kier alpha value is -0.580. The molecule has 2 rings (SSSR count). The monoisotopic (exact) mass is 259 g/mol. The van der Waals surface area contributed by atoms with E-state index in [9.17, 15) is 0 Å². The Morgan fingerprint density at radius 1 is 1.59 bits per heavy atom. The van der Waals surface area contributed by atoms with Crippen molar-refractivity contribution in [1.29, 1.82) is 0 Å². The highest BCUT2D eigenvalue weighted by Crippen LogP contribution is 2.11. The fourth-order valence-corrected chi connectivity index (χ4v) is 2.15. The van der Waals surface area contributed by atoms with E-state index in [-0.39, 0.29) is 12.4 Å². The van der Waals surface area contributed by atoms with E-state index in [2.05, 4.69) is 21.8 Å². The average molecular weight is 260 g/mol. The molecule has 0 amide bonds. The Labute approximate surface area is 109 Å². The minimum atomic E-state index is 0. The van der Waals surface area contributed by atoms with Gasteiger partial charge in [-0.25, -0.2) is 4.98 Å². The summed E-state index contributed by atoms with van der Waals surface area (Å²) >= 11 is 0. The molecule has 1 aromatic heterocycles. The summed E-state index contributed by atoms with van der Waals surface area (Å²) in [6.07, 6.45) is 6.32. The van der Waals surface area contributed by atoms with Crippen LogP contribution in [0.15, 0.2) is 12.5 Å². The van der Waals surface area contributed by atoms with E-state index in [1.54, 1.807) is 0 Å². The molecule has 0 aromatic carbocycles. The van der Waals surface area contributed by atoms with E-state index in [1.807, 2.05) is 12.5 Å². The molecule has 1 aromatic rings. The molecule has 1 N–H and O–H groups in total. The molecule has 98 valence electrons. The lowest BCUT2D eigenvalue weighted by Gasteiger charge is -2.22.